The van der Waals surface area contributed by atoms with Gasteiger partial charge >= 0.3 is 6.01 Å². The van der Waals surface area contributed by atoms with E-state index in [0.717, 1.165) is 25.7 Å². The lowest BCUT2D eigenvalue weighted by molar-refractivity contribution is 0.0349. The molecule has 3 aliphatic rings. The predicted octanol–water partition coefficient (Wildman–Crippen LogP) is 0.789. The zero-order valence-electron chi connectivity index (χ0n) is 14.0. The van der Waals surface area contributed by atoms with Crippen molar-refractivity contribution in [3.05, 3.63) is 5.89 Å². The molecule has 3 heterocycles. The Kier molecular flexibility index (Phi) is 4.04. The molecule has 2 saturated heterocycles. The van der Waals surface area contributed by atoms with Gasteiger partial charge in [0.2, 0.25) is 15.9 Å². The molecular formula is C15H24N4O4S. The van der Waals surface area contributed by atoms with Gasteiger partial charge in [0.1, 0.15) is 0 Å². The Morgan fingerprint density at radius 1 is 1.21 bits per heavy atom. The van der Waals surface area contributed by atoms with Gasteiger partial charge in [-0.2, -0.15) is 0 Å². The Bertz CT molecular complexity index is 702. The average Bonchev–Trinajstić information content (AvgIpc) is 3.35. The van der Waals surface area contributed by atoms with E-state index in [9.17, 15) is 8.42 Å². The van der Waals surface area contributed by atoms with Crippen molar-refractivity contribution >= 4 is 16.0 Å². The fraction of sp³-hybridized carbons (Fsp3) is 0.867. The minimum atomic E-state index is -3.15. The molecule has 0 N–H and O–H groups in total. The Hall–Kier alpha value is -1.19. The summed E-state index contributed by atoms with van der Waals surface area (Å²) in [5.41, 5.74) is -0.209. The maximum Gasteiger partial charge on any atom is 0.318 e. The Morgan fingerprint density at radius 2 is 2.04 bits per heavy atom. The van der Waals surface area contributed by atoms with Crippen LogP contribution in [0, 0.1) is 12.3 Å². The molecule has 1 aliphatic carbocycles. The predicted molar refractivity (Wildman–Crippen MR) is 87.2 cm³/mol. The van der Waals surface area contributed by atoms with Crippen molar-refractivity contribution in [1.29, 1.82) is 0 Å². The maximum atomic E-state index is 12.6. The van der Waals surface area contributed by atoms with Crippen molar-refractivity contribution < 1.29 is 17.6 Å². The highest BCUT2D eigenvalue weighted by Gasteiger charge is 2.47. The summed E-state index contributed by atoms with van der Waals surface area (Å²) in [7, 11) is -3.15. The topological polar surface area (TPSA) is 88.8 Å². The van der Waals surface area contributed by atoms with Gasteiger partial charge in [-0.05, 0) is 25.7 Å². The molecular weight excluding hydrogens is 332 g/mol. The second-order valence-electron chi connectivity index (χ2n) is 7.26. The molecule has 1 aromatic heterocycles. The number of piperidine rings is 1. The maximum absolute atomic E-state index is 12.6. The number of aromatic nitrogens is 2. The normalized spacial score (nSPS) is 29.8. The number of ether oxygens (including phenoxy) is 1. The molecule has 24 heavy (non-hydrogen) atoms. The number of hydrogen-bond donors (Lipinski definition) is 0. The van der Waals surface area contributed by atoms with E-state index in [4.69, 9.17) is 9.15 Å². The SMILES string of the molecule is Cc1nnc(N2CCOCC3(CCCN(S(=O)(=O)C4CC4)C3)C2)o1. The van der Waals surface area contributed by atoms with Crippen LogP contribution in [0.15, 0.2) is 4.42 Å². The summed E-state index contributed by atoms with van der Waals surface area (Å²) < 4.78 is 38.4. The van der Waals surface area contributed by atoms with E-state index in [1.807, 2.05) is 4.90 Å². The lowest BCUT2D eigenvalue weighted by Crippen LogP contribution is -2.52. The molecule has 3 fully saturated rings. The van der Waals surface area contributed by atoms with Crippen LogP contribution in [0.4, 0.5) is 6.01 Å². The molecule has 1 aromatic rings. The van der Waals surface area contributed by atoms with Gasteiger partial charge in [0.25, 0.3) is 0 Å². The minimum absolute atomic E-state index is 0.158. The van der Waals surface area contributed by atoms with Crippen LogP contribution in [0.25, 0.3) is 0 Å². The molecule has 1 unspecified atom stereocenters. The lowest BCUT2D eigenvalue weighted by Gasteiger charge is -2.42. The summed E-state index contributed by atoms with van der Waals surface area (Å²) in [4.78, 5) is 2.04. The first kappa shape index (κ1) is 16.3. The summed E-state index contributed by atoms with van der Waals surface area (Å²) in [6.45, 7) is 5.44. The van der Waals surface area contributed by atoms with Crippen LogP contribution in [-0.2, 0) is 14.8 Å². The van der Waals surface area contributed by atoms with Crippen molar-refractivity contribution in [3.8, 4) is 0 Å². The fourth-order valence-electron chi connectivity index (χ4n) is 3.77. The van der Waals surface area contributed by atoms with Crippen molar-refractivity contribution in [2.24, 2.45) is 5.41 Å². The van der Waals surface area contributed by atoms with E-state index in [1.165, 1.54) is 0 Å². The van der Waals surface area contributed by atoms with E-state index >= 15 is 0 Å². The quantitative estimate of drug-likeness (QED) is 0.791. The smallest absolute Gasteiger partial charge is 0.318 e. The molecule has 4 rings (SSSR count). The molecule has 0 aromatic carbocycles. The summed E-state index contributed by atoms with van der Waals surface area (Å²) in [5.74, 6) is 0.533. The molecule has 1 spiro atoms. The number of hydrogen-bond acceptors (Lipinski definition) is 7. The van der Waals surface area contributed by atoms with Crippen LogP contribution in [0.2, 0.25) is 0 Å². The van der Waals surface area contributed by atoms with Gasteiger partial charge in [-0.15, -0.1) is 5.10 Å². The zero-order valence-corrected chi connectivity index (χ0v) is 14.8. The van der Waals surface area contributed by atoms with E-state index < -0.39 is 10.0 Å². The highest BCUT2D eigenvalue weighted by atomic mass is 32.2. The van der Waals surface area contributed by atoms with Crippen LogP contribution in [0.3, 0.4) is 0 Å². The van der Waals surface area contributed by atoms with Gasteiger partial charge in [0.15, 0.2) is 0 Å². The highest BCUT2D eigenvalue weighted by Crippen LogP contribution is 2.39. The van der Waals surface area contributed by atoms with E-state index in [0.29, 0.717) is 51.3 Å². The zero-order chi connectivity index (χ0) is 16.8. The highest BCUT2D eigenvalue weighted by molar-refractivity contribution is 7.90. The summed E-state index contributed by atoms with van der Waals surface area (Å²) >= 11 is 0. The molecule has 0 bridgehead atoms. The molecule has 8 nitrogen and oxygen atoms in total. The van der Waals surface area contributed by atoms with Crippen molar-refractivity contribution in [3.63, 3.8) is 0 Å². The Morgan fingerprint density at radius 3 is 2.75 bits per heavy atom. The van der Waals surface area contributed by atoms with Crippen LogP contribution >= 0.6 is 0 Å². The minimum Gasteiger partial charge on any atom is -0.408 e. The van der Waals surface area contributed by atoms with Crippen molar-refractivity contribution in [1.82, 2.24) is 14.5 Å². The molecule has 134 valence electrons. The molecule has 1 saturated carbocycles. The van der Waals surface area contributed by atoms with Crippen LogP contribution < -0.4 is 4.90 Å². The van der Waals surface area contributed by atoms with E-state index in [2.05, 4.69) is 10.2 Å². The van der Waals surface area contributed by atoms with Gasteiger partial charge in [0, 0.05) is 38.5 Å². The molecule has 1 atom stereocenters. The monoisotopic (exact) mass is 356 g/mol. The van der Waals surface area contributed by atoms with Gasteiger partial charge in [-0.1, -0.05) is 5.10 Å². The second kappa shape index (κ2) is 5.96. The van der Waals surface area contributed by atoms with Gasteiger partial charge < -0.3 is 14.1 Å². The largest absolute Gasteiger partial charge is 0.408 e. The van der Waals surface area contributed by atoms with Crippen LogP contribution in [0.1, 0.15) is 31.6 Å². The van der Waals surface area contributed by atoms with Crippen molar-refractivity contribution in [2.75, 3.05) is 44.3 Å². The summed E-state index contributed by atoms with van der Waals surface area (Å²) in [5, 5.41) is 7.86. The van der Waals surface area contributed by atoms with E-state index in [1.54, 1.807) is 11.2 Å². The number of rotatable bonds is 3. The third kappa shape index (κ3) is 3.04. The first-order valence-corrected chi connectivity index (χ1v) is 10.1. The Balaban J connectivity index is 1.55. The first-order chi connectivity index (χ1) is 11.5. The van der Waals surface area contributed by atoms with Gasteiger partial charge in [-0.25, -0.2) is 12.7 Å². The third-order valence-electron chi connectivity index (χ3n) is 5.16. The molecule has 0 amide bonds. The second-order valence-corrected chi connectivity index (χ2v) is 9.47. The average molecular weight is 356 g/mol. The number of sulfonamides is 1. The standard InChI is InChI=1S/C15H24N4O4S/c1-12-16-17-14(23-12)18-7-8-22-11-15(9-18)5-2-6-19(10-15)24(20,21)13-3-4-13/h13H,2-11H2,1H3. The molecule has 0 radical (unpaired) electrons. The van der Waals surface area contributed by atoms with Crippen molar-refractivity contribution in [2.45, 2.75) is 37.9 Å². The van der Waals surface area contributed by atoms with Crippen LogP contribution in [0.5, 0.6) is 0 Å². The van der Waals surface area contributed by atoms with Crippen LogP contribution in [-0.4, -0.2) is 67.6 Å². The number of aryl methyl sites for hydroxylation is 1. The summed E-state index contributed by atoms with van der Waals surface area (Å²) in [6, 6.07) is 0.500. The number of anilines is 1. The molecule has 2 aliphatic heterocycles. The van der Waals surface area contributed by atoms with E-state index in [-0.39, 0.29) is 10.7 Å². The van der Waals surface area contributed by atoms with Gasteiger partial charge in [-0.3, -0.25) is 0 Å². The number of nitrogens with zero attached hydrogens (tertiary/aromatic N) is 4. The summed E-state index contributed by atoms with van der Waals surface area (Å²) in [6.07, 6.45) is 3.42. The third-order valence-corrected chi connectivity index (χ3v) is 7.50. The van der Waals surface area contributed by atoms with Gasteiger partial charge in [0.05, 0.1) is 18.5 Å². The first-order valence-electron chi connectivity index (χ1n) is 8.60. The Labute approximate surface area is 142 Å². The lowest BCUT2D eigenvalue weighted by atomic mass is 9.81. The fourth-order valence-corrected chi connectivity index (χ4v) is 5.76. The molecule has 9 heteroatoms.